The number of anilines is 3. The molecule has 20 aromatic carbocycles. The summed E-state index contributed by atoms with van der Waals surface area (Å²) in [6.45, 7) is 52.0. The Morgan fingerprint density at radius 1 is 0.159 bits per heavy atom. The van der Waals surface area contributed by atoms with Gasteiger partial charge >= 0.3 is 0 Å². The van der Waals surface area contributed by atoms with E-state index >= 15 is 0 Å². The Labute approximate surface area is 870 Å². The van der Waals surface area contributed by atoms with Gasteiger partial charge in [-0.3, -0.25) is 19.9 Å². The fourth-order valence-electron chi connectivity index (χ4n) is 15.8. The Kier molecular flexibility index (Phi) is 61.4. The fourth-order valence-corrected chi connectivity index (χ4v) is 15.8. The topological polar surface area (TPSA) is 72.6 Å². The van der Waals surface area contributed by atoms with Crippen LogP contribution in [0.15, 0.2) is 486 Å². The van der Waals surface area contributed by atoms with E-state index in [1.165, 1.54) is 152 Å². The van der Waals surface area contributed by atoms with Gasteiger partial charge in [-0.2, -0.15) is 0 Å². The van der Waals surface area contributed by atoms with Crippen molar-refractivity contribution >= 4 is 169 Å². The molecule has 0 radical (unpaired) electrons. The van der Waals surface area contributed by atoms with Crippen LogP contribution in [0.2, 0.25) is 0 Å². The van der Waals surface area contributed by atoms with E-state index in [1.54, 1.807) is 37.2 Å². The second kappa shape index (κ2) is 73.3. The largest absolute Gasteiger partial charge is 0.344 e. The molecule has 25 aromatic rings. The van der Waals surface area contributed by atoms with E-state index in [0.717, 1.165) is 16.6 Å². The highest BCUT2D eigenvalue weighted by Crippen LogP contribution is 2.41. The monoisotopic (exact) mass is 1920 g/mol. The highest BCUT2D eigenvalue weighted by molar-refractivity contribution is 6.33. The van der Waals surface area contributed by atoms with E-state index in [1.807, 2.05) is 283 Å². The molecule has 0 atom stereocenters. The van der Waals surface area contributed by atoms with Crippen molar-refractivity contribution in [2.45, 2.75) is 180 Å². The highest BCUT2D eigenvalue weighted by atomic mass is 15.1. The molecular weight excluding hydrogens is 1760 g/mol. The summed E-state index contributed by atoms with van der Waals surface area (Å²) in [6, 6.07) is 154. The molecule has 0 fully saturated rings. The molecule has 0 N–H and O–H groups in total. The molecule has 7 heteroatoms. The highest BCUT2D eigenvalue weighted by Gasteiger charge is 2.14. The minimum absolute atomic E-state index is 1.06. The zero-order chi connectivity index (χ0) is 106. The Morgan fingerprint density at radius 3 is 0.690 bits per heavy atom. The maximum Gasteiger partial charge on any atom is 0.0709 e. The summed E-state index contributed by atoms with van der Waals surface area (Å²) in [5.74, 6) is 0. The van der Waals surface area contributed by atoms with Crippen molar-refractivity contribution in [3.8, 4) is 0 Å². The van der Waals surface area contributed by atoms with Gasteiger partial charge in [0.05, 0.1) is 16.6 Å². The molecular formula is C138H161N7. The minimum atomic E-state index is 1.06. The number of aromatic nitrogens is 6. The Bertz CT molecular complexity index is 6810. The summed E-state index contributed by atoms with van der Waals surface area (Å²) in [7, 11) is 2.12. The zero-order valence-corrected chi connectivity index (χ0v) is 91.8. The molecule has 0 bridgehead atoms. The lowest BCUT2D eigenvalue weighted by Gasteiger charge is -2.25. The number of aryl methyl sites for hydroxylation is 1. The molecule has 0 saturated heterocycles. The Hall–Kier alpha value is -15.8. The molecule has 25 rings (SSSR count). The van der Waals surface area contributed by atoms with Gasteiger partial charge in [0.25, 0.3) is 0 Å². The predicted octanol–water partition coefficient (Wildman–Crippen LogP) is 43.3. The van der Waals surface area contributed by atoms with Crippen LogP contribution < -0.4 is 4.90 Å². The Morgan fingerprint density at radius 2 is 0.386 bits per heavy atom. The second-order valence-electron chi connectivity index (χ2n) is 28.6. The van der Waals surface area contributed by atoms with Crippen molar-refractivity contribution < 1.29 is 0 Å². The normalized spacial score (nSPS) is 9.34. The molecule has 0 saturated carbocycles. The van der Waals surface area contributed by atoms with Gasteiger partial charge in [-0.05, 0) is 188 Å². The third-order valence-corrected chi connectivity index (χ3v) is 21.3. The average molecular weight is 1920 g/mol. The molecule has 5 heterocycles. The first kappa shape index (κ1) is 121. The van der Waals surface area contributed by atoms with Crippen LogP contribution in [-0.2, 0) is 7.05 Å². The van der Waals surface area contributed by atoms with Gasteiger partial charge in [-0.25, -0.2) is 4.98 Å². The fraction of sp³-hybridized carbons (Fsp3) is 0.196. The van der Waals surface area contributed by atoms with Crippen LogP contribution in [0, 0.1) is 0 Å². The number of pyridine rings is 3. The third-order valence-electron chi connectivity index (χ3n) is 21.3. The maximum absolute atomic E-state index is 4.58. The van der Waals surface area contributed by atoms with E-state index in [-0.39, 0.29) is 0 Å². The van der Waals surface area contributed by atoms with Gasteiger partial charge in [-0.1, -0.05) is 532 Å². The van der Waals surface area contributed by atoms with Crippen molar-refractivity contribution in [1.82, 2.24) is 29.5 Å². The molecule has 5 aromatic heterocycles. The van der Waals surface area contributed by atoms with Gasteiger partial charge in [0, 0.05) is 105 Å². The van der Waals surface area contributed by atoms with E-state index in [4.69, 9.17) is 0 Å². The number of rotatable bonds is 3. The first-order chi connectivity index (χ1) is 72.0. The minimum Gasteiger partial charge on any atom is -0.344 e. The van der Waals surface area contributed by atoms with E-state index in [2.05, 4.69) is 387 Å². The van der Waals surface area contributed by atoms with Crippen LogP contribution in [-0.4, -0.2) is 29.5 Å². The SMILES string of the molecule is CC.CC.CC.CC.CC.CC.CC.CC.CC.CC.CC.CC.CC.Cn1c2ccccc2c2ccccc21.c1cc2ccc3cccc4ccc(c1)c2c34.c1cc2cccc3c4cccc5cccc(c(c1)c23)c54.c1ccc(N(c2ccccc2)c2ccccc2)cc1.c1ccc2c(c1)ccc1ccccc12.c1ccc2nc3ccccc3cc2c1.c1ccc2ncccc2c1.c1ccncc1.c1cnccn1. The molecule has 0 amide bonds. The molecule has 0 aliphatic heterocycles. The van der Waals surface area contributed by atoms with Crippen molar-refractivity contribution in [2.24, 2.45) is 7.05 Å². The maximum atomic E-state index is 4.58. The number of benzene rings is 20. The smallest absolute Gasteiger partial charge is 0.0709 e. The number of hydrogen-bond donors (Lipinski definition) is 0. The summed E-state index contributed by atoms with van der Waals surface area (Å²) in [5.41, 5.74) is 9.28. The van der Waals surface area contributed by atoms with Crippen LogP contribution in [0.25, 0.3) is 151 Å². The lowest BCUT2D eigenvalue weighted by Crippen LogP contribution is -2.09. The molecule has 0 spiro atoms. The van der Waals surface area contributed by atoms with E-state index in [9.17, 15) is 0 Å². The molecule has 0 aliphatic rings. The van der Waals surface area contributed by atoms with Crippen LogP contribution in [0.4, 0.5) is 17.1 Å². The van der Waals surface area contributed by atoms with Crippen molar-refractivity contribution in [1.29, 1.82) is 0 Å². The molecule has 7 nitrogen and oxygen atoms in total. The lowest BCUT2D eigenvalue weighted by atomic mass is 9.90. The molecule has 748 valence electrons. The van der Waals surface area contributed by atoms with Gasteiger partial charge in [-0.15, -0.1) is 0 Å². The van der Waals surface area contributed by atoms with E-state index < -0.39 is 0 Å². The summed E-state index contributed by atoms with van der Waals surface area (Å²) in [5, 5.41) is 30.6. The predicted molar refractivity (Wildman–Crippen MR) is 656 cm³/mol. The first-order valence-electron chi connectivity index (χ1n) is 53.0. The molecule has 0 aliphatic carbocycles. The van der Waals surface area contributed by atoms with Crippen molar-refractivity contribution in [3.63, 3.8) is 0 Å². The standard InChI is InChI=1S/C20H12.C18H15N.C16H10.C14H10.C13H11N.C13H9N.C9H7N.C5H5N.C4H4N2.13C2H6/c1-5-13-6-2-11-17-18-12-4-8-14-7-3-10-16(20(14)18)15(9-1)19(13)17;1-4-10-16(11-5-1)19(17-12-6-2-7-13-17)18-14-8-3-9-15-18;1-3-11-7-9-13-5-2-6-14-10-8-12(4-1)15(11)16(13)14;1-3-7-13-11(5-1)9-10-12-6-2-4-8-14(12)13;1-14-12-8-4-2-6-10(12)11-7-3-5-9-13(11)14;1-3-7-12-10(5-1)9-11-6-2-4-8-13(11)14-12;1-2-6-9-8(4-1)5-3-7-10-9;1-2-4-6-5-3-1;1-2-6-4-3-5-1;13*1-2/h1-12H;1-15H;1-10H;1-10H;2-9H,1H3;1-9H;1-7H;1-5H;1-4H;13*1-2H3. The van der Waals surface area contributed by atoms with Gasteiger partial charge in [0.1, 0.15) is 0 Å². The second-order valence-corrected chi connectivity index (χ2v) is 28.6. The summed E-state index contributed by atoms with van der Waals surface area (Å²) in [6.07, 6.45) is 11.9. The van der Waals surface area contributed by atoms with Gasteiger partial charge in [0.15, 0.2) is 0 Å². The first-order valence-corrected chi connectivity index (χ1v) is 53.0. The Balaban J connectivity index is 0.000000335. The lowest BCUT2D eigenvalue weighted by molar-refractivity contribution is 1.01. The van der Waals surface area contributed by atoms with Crippen LogP contribution in [0.3, 0.4) is 0 Å². The number of fused-ring (bicyclic) bond motifs is 11. The third kappa shape index (κ3) is 34.5. The number of hydrogen-bond acceptors (Lipinski definition) is 6. The van der Waals surface area contributed by atoms with Crippen molar-refractivity contribution in [3.05, 3.63) is 486 Å². The van der Waals surface area contributed by atoms with Crippen LogP contribution >= 0.6 is 0 Å². The summed E-state index contributed by atoms with van der Waals surface area (Å²) < 4.78 is 2.24. The quantitative estimate of drug-likeness (QED) is 0.130. The number of para-hydroxylation sites is 8. The van der Waals surface area contributed by atoms with Crippen LogP contribution in [0.1, 0.15) is 180 Å². The molecule has 145 heavy (non-hydrogen) atoms. The zero-order valence-electron chi connectivity index (χ0n) is 91.8. The number of nitrogens with zero attached hydrogens (tertiary/aromatic N) is 7. The summed E-state index contributed by atoms with van der Waals surface area (Å²) in [4.78, 5) is 22.2. The van der Waals surface area contributed by atoms with Gasteiger partial charge < -0.3 is 9.47 Å². The van der Waals surface area contributed by atoms with Crippen LogP contribution in [0.5, 0.6) is 0 Å². The molecule has 0 unspecified atom stereocenters. The van der Waals surface area contributed by atoms with Crippen molar-refractivity contribution in [2.75, 3.05) is 4.90 Å². The summed E-state index contributed by atoms with van der Waals surface area (Å²) >= 11 is 0. The van der Waals surface area contributed by atoms with Gasteiger partial charge in [0.2, 0.25) is 0 Å². The average Bonchev–Trinajstić information content (AvgIpc) is 1.67. The van der Waals surface area contributed by atoms with E-state index in [0.29, 0.717) is 0 Å².